The van der Waals surface area contributed by atoms with Gasteiger partial charge in [0.15, 0.2) is 21.3 Å². The number of nitrogens with zero attached hydrogens (tertiary/aromatic N) is 3. The molecule has 2 amide bonds. The van der Waals surface area contributed by atoms with Crippen LogP contribution in [0, 0.1) is 5.82 Å². The average Bonchev–Trinajstić information content (AvgIpc) is 3.04. The number of likely N-dealkylation sites (tertiary alicyclic amines) is 1. The lowest BCUT2D eigenvalue weighted by atomic mass is 10.0. The normalized spacial score (nSPS) is 14.2. The van der Waals surface area contributed by atoms with Crippen molar-refractivity contribution in [1.82, 2.24) is 9.88 Å². The van der Waals surface area contributed by atoms with E-state index >= 15 is 0 Å². The van der Waals surface area contributed by atoms with Gasteiger partial charge >= 0.3 is 6.03 Å². The molecule has 48 heavy (non-hydrogen) atoms. The Morgan fingerprint density at radius 2 is 1.69 bits per heavy atom. The van der Waals surface area contributed by atoms with Crippen LogP contribution in [0.2, 0.25) is 0 Å². The molecule has 0 saturated carbocycles. The highest BCUT2D eigenvalue weighted by Crippen LogP contribution is 2.33. The van der Waals surface area contributed by atoms with E-state index in [0.717, 1.165) is 24.1 Å². The minimum Gasteiger partial charge on any atom is -0.493 e. The van der Waals surface area contributed by atoms with Gasteiger partial charge in [-0.3, -0.25) is 14.5 Å². The minimum absolute atomic E-state index is 0.122. The number of sulfonamides is 1. The Kier molecular flexibility index (Phi) is 10.5. The number of hydrogen-bond donors (Lipinski definition) is 2. The maximum Gasteiger partial charge on any atom is 0.326 e. The van der Waals surface area contributed by atoms with Crippen LogP contribution in [-0.2, 0) is 26.4 Å². The zero-order valence-corrected chi connectivity index (χ0v) is 28.2. The van der Waals surface area contributed by atoms with Gasteiger partial charge in [-0.25, -0.2) is 31.0 Å². The van der Waals surface area contributed by atoms with Gasteiger partial charge in [-0.1, -0.05) is 24.3 Å². The number of aromatic nitrogens is 1. The number of sulfone groups is 1. The number of nitrogens with one attached hydrogen (secondary N) is 2. The summed E-state index contributed by atoms with van der Waals surface area (Å²) in [4.78, 5) is 22.1. The van der Waals surface area contributed by atoms with E-state index in [1.165, 1.54) is 37.4 Å². The smallest absolute Gasteiger partial charge is 0.326 e. The van der Waals surface area contributed by atoms with E-state index in [1.807, 2.05) is 36.4 Å². The molecule has 0 unspecified atom stereocenters. The standard InChI is InChI=1S/C33H36FN5O7S2/c1-45-31-20-27(47(2,41)42)11-13-30(31)46-32-14-9-23(21-35-32)22-38-17-15-26(16-18-38)39(25-7-5-4-6-8-25)33(40)36-24-10-12-28(34)29(19-24)37-48(3,43)44/h4-14,19-21,26,37H,15-18,22H2,1-3H3,(H,36,40). The van der Waals surface area contributed by atoms with Crippen molar-refractivity contribution < 1.29 is 35.5 Å². The predicted octanol–water partition coefficient (Wildman–Crippen LogP) is 5.50. The molecule has 3 aromatic carbocycles. The first kappa shape index (κ1) is 34.6. The van der Waals surface area contributed by atoms with Gasteiger partial charge in [0, 0.05) is 61.6 Å². The van der Waals surface area contributed by atoms with E-state index in [9.17, 15) is 26.0 Å². The molecule has 5 rings (SSSR count). The van der Waals surface area contributed by atoms with Crippen LogP contribution in [0.15, 0.2) is 90.0 Å². The first-order chi connectivity index (χ1) is 22.8. The number of rotatable bonds is 11. The Labute approximate surface area is 279 Å². The maximum absolute atomic E-state index is 14.2. The number of urea groups is 1. The van der Waals surface area contributed by atoms with Crippen molar-refractivity contribution in [3.05, 3.63) is 96.4 Å². The van der Waals surface area contributed by atoms with Crippen LogP contribution in [0.1, 0.15) is 18.4 Å². The quantitative estimate of drug-likeness (QED) is 0.207. The van der Waals surface area contributed by atoms with E-state index in [0.29, 0.717) is 49.8 Å². The Bertz CT molecular complexity index is 1970. The number of halogens is 1. The summed E-state index contributed by atoms with van der Waals surface area (Å²) in [6, 6.07) is 20.4. The molecule has 1 saturated heterocycles. The molecule has 12 nitrogen and oxygen atoms in total. The highest BCUT2D eigenvalue weighted by Gasteiger charge is 2.29. The van der Waals surface area contributed by atoms with Crippen molar-refractivity contribution >= 4 is 43.0 Å². The Morgan fingerprint density at radius 1 is 0.958 bits per heavy atom. The molecule has 1 aliphatic heterocycles. The second-order valence-electron chi connectivity index (χ2n) is 11.4. The number of carbonyl (C=O) groups is 1. The van der Waals surface area contributed by atoms with Gasteiger partial charge in [0.25, 0.3) is 0 Å². The number of hydrogen-bond acceptors (Lipinski definition) is 9. The molecule has 0 bridgehead atoms. The first-order valence-electron chi connectivity index (χ1n) is 14.9. The van der Waals surface area contributed by atoms with Crippen LogP contribution < -0.4 is 24.4 Å². The fraction of sp³-hybridized carbons (Fsp3) is 0.273. The summed E-state index contributed by atoms with van der Waals surface area (Å²) in [5, 5.41) is 2.80. The van der Waals surface area contributed by atoms with Crippen LogP contribution in [0.25, 0.3) is 0 Å². The van der Waals surface area contributed by atoms with Crippen LogP contribution in [0.5, 0.6) is 17.4 Å². The van der Waals surface area contributed by atoms with Crippen molar-refractivity contribution in [2.24, 2.45) is 0 Å². The molecule has 2 N–H and O–H groups in total. The lowest BCUT2D eigenvalue weighted by Crippen LogP contribution is -2.49. The number of ether oxygens (including phenoxy) is 2. The van der Waals surface area contributed by atoms with E-state index in [4.69, 9.17) is 9.47 Å². The third-order valence-electron chi connectivity index (χ3n) is 7.67. The van der Waals surface area contributed by atoms with Crippen molar-refractivity contribution in [3.63, 3.8) is 0 Å². The molecule has 4 aromatic rings. The number of pyridine rings is 1. The molecule has 254 valence electrons. The summed E-state index contributed by atoms with van der Waals surface area (Å²) >= 11 is 0. The number of anilines is 3. The molecule has 0 radical (unpaired) electrons. The number of carbonyl (C=O) groups excluding carboxylic acids is 1. The Morgan fingerprint density at radius 3 is 2.31 bits per heavy atom. The molecule has 15 heteroatoms. The average molecular weight is 698 g/mol. The monoisotopic (exact) mass is 697 g/mol. The molecular weight excluding hydrogens is 662 g/mol. The minimum atomic E-state index is -3.72. The van der Waals surface area contributed by atoms with Gasteiger partial charge in [0.2, 0.25) is 15.9 Å². The van der Waals surface area contributed by atoms with E-state index < -0.39 is 31.7 Å². The molecule has 1 fully saturated rings. The Balaban J connectivity index is 1.22. The maximum atomic E-state index is 14.2. The van der Waals surface area contributed by atoms with Gasteiger partial charge in [-0.05, 0) is 60.9 Å². The van der Waals surface area contributed by atoms with Gasteiger partial charge < -0.3 is 14.8 Å². The van der Waals surface area contributed by atoms with Crippen molar-refractivity contribution in [3.8, 4) is 17.4 Å². The Hall–Kier alpha value is -4.73. The fourth-order valence-electron chi connectivity index (χ4n) is 5.38. The topological polar surface area (TPSA) is 147 Å². The highest BCUT2D eigenvalue weighted by atomic mass is 32.2. The first-order valence-corrected chi connectivity index (χ1v) is 18.7. The second kappa shape index (κ2) is 14.6. The van der Waals surface area contributed by atoms with Gasteiger partial charge in [-0.2, -0.15) is 0 Å². The zero-order chi connectivity index (χ0) is 34.5. The second-order valence-corrected chi connectivity index (χ2v) is 15.2. The third-order valence-corrected chi connectivity index (χ3v) is 9.37. The van der Waals surface area contributed by atoms with E-state index in [2.05, 4.69) is 19.9 Å². The summed E-state index contributed by atoms with van der Waals surface area (Å²) in [7, 11) is -5.69. The fourth-order valence-corrected chi connectivity index (χ4v) is 6.57. The van der Waals surface area contributed by atoms with Gasteiger partial charge in [-0.15, -0.1) is 0 Å². The molecule has 0 aliphatic carbocycles. The largest absolute Gasteiger partial charge is 0.493 e. The molecular formula is C33H36FN5O7S2. The lowest BCUT2D eigenvalue weighted by Gasteiger charge is -2.38. The number of piperidine rings is 1. The predicted molar refractivity (Wildman–Crippen MR) is 182 cm³/mol. The third kappa shape index (κ3) is 8.99. The molecule has 1 aliphatic rings. The van der Waals surface area contributed by atoms with Crippen LogP contribution in [0.4, 0.5) is 26.2 Å². The summed E-state index contributed by atoms with van der Waals surface area (Å²) in [6.45, 7) is 2.06. The lowest BCUT2D eigenvalue weighted by molar-refractivity contribution is 0.199. The van der Waals surface area contributed by atoms with Crippen molar-refractivity contribution in [2.45, 2.75) is 30.3 Å². The molecule has 0 atom stereocenters. The number of methoxy groups -OCH3 is 1. The van der Waals surface area contributed by atoms with E-state index in [-0.39, 0.29) is 28.1 Å². The van der Waals surface area contributed by atoms with Crippen LogP contribution >= 0.6 is 0 Å². The summed E-state index contributed by atoms with van der Waals surface area (Å²) < 4.78 is 74.6. The van der Waals surface area contributed by atoms with Crippen molar-refractivity contribution in [1.29, 1.82) is 0 Å². The van der Waals surface area contributed by atoms with Crippen molar-refractivity contribution in [2.75, 3.05) is 47.6 Å². The van der Waals surface area contributed by atoms with Crippen LogP contribution in [0.3, 0.4) is 0 Å². The summed E-state index contributed by atoms with van der Waals surface area (Å²) in [5.74, 6) is 0.179. The number of para-hydroxylation sites is 1. The summed E-state index contributed by atoms with van der Waals surface area (Å²) in [6.07, 6.45) is 5.13. The van der Waals surface area contributed by atoms with Crippen LogP contribution in [-0.4, -0.2) is 71.5 Å². The molecule has 1 aromatic heterocycles. The van der Waals surface area contributed by atoms with E-state index in [1.54, 1.807) is 17.2 Å². The highest BCUT2D eigenvalue weighted by molar-refractivity contribution is 7.92. The SMILES string of the molecule is COc1cc(S(C)(=O)=O)ccc1Oc1ccc(CN2CCC(N(C(=O)Nc3ccc(F)c(NS(C)(=O)=O)c3)c3ccccc3)CC2)cn1. The molecule has 0 spiro atoms. The molecule has 2 heterocycles. The number of benzene rings is 3. The van der Waals surface area contributed by atoms with Gasteiger partial charge in [0.05, 0.1) is 23.9 Å². The summed E-state index contributed by atoms with van der Waals surface area (Å²) in [5.41, 5.74) is 1.65. The zero-order valence-electron chi connectivity index (χ0n) is 26.6. The van der Waals surface area contributed by atoms with Gasteiger partial charge in [0.1, 0.15) is 5.82 Å². The number of amides is 2.